The van der Waals surface area contributed by atoms with E-state index in [1.54, 1.807) is 0 Å². The summed E-state index contributed by atoms with van der Waals surface area (Å²) in [5.41, 5.74) is 7.37. The second-order valence-electron chi connectivity index (χ2n) is 4.32. The van der Waals surface area contributed by atoms with Gasteiger partial charge in [-0.25, -0.2) is 4.79 Å². The van der Waals surface area contributed by atoms with Crippen LogP contribution in [0.25, 0.3) is 10.4 Å². The van der Waals surface area contributed by atoms with E-state index >= 15 is 0 Å². The van der Waals surface area contributed by atoms with Crippen LogP contribution < -0.4 is 11.2 Å². The number of hydrogen-bond donors (Lipinski definition) is 2. The van der Waals surface area contributed by atoms with Crippen molar-refractivity contribution in [2.24, 2.45) is 5.11 Å². The zero-order valence-corrected chi connectivity index (χ0v) is 10.1. The Balaban J connectivity index is 2.30. The molecule has 4 atom stereocenters. The number of aromatic nitrogens is 2. The first-order chi connectivity index (χ1) is 9.02. The van der Waals surface area contributed by atoms with Gasteiger partial charge >= 0.3 is 5.69 Å². The molecule has 0 spiro atoms. The Morgan fingerprint density at radius 3 is 3.00 bits per heavy atom. The molecule has 0 aromatic carbocycles. The van der Waals surface area contributed by atoms with E-state index in [0.29, 0.717) is 0 Å². The third-order valence-corrected chi connectivity index (χ3v) is 2.97. The van der Waals surface area contributed by atoms with Crippen LogP contribution in [0.3, 0.4) is 0 Å². The number of nitrogens with zero attached hydrogens (tertiary/aromatic N) is 4. The van der Waals surface area contributed by atoms with Gasteiger partial charge in [0.25, 0.3) is 5.56 Å². The Bertz CT molecular complexity index is 615. The summed E-state index contributed by atoms with van der Waals surface area (Å²) in [6.45, 7) is 1.52. The summed E-state index contributed by atoms with van der Waals surface area (Å²) in [6, 6.07) is 0.636. The van der Waals surface area contributed by atoms with Gasteiger partial charge in [0.2, 0.25) is 0 Å². The Morgan fingerprint density at radius 1 is 1.68 bits per heavy atom. The zero-order valence-electron chi connectivity index (χ0n) is 10.1. The number of ether oxygens (including phenoxy) is 1. The predicted octanol–water partition coefficient (Wildman–Crippen LogP) is -0.116. The van der Waals surface area contributed by atoms with Crippen LogP contribution in [0.5, 0.6) is 0 Å². The molecule has 1 aliphatic rings. The molecule has 1 aromatic heterocycles. The standard InChI is InChI=1S/C10H13N5O4/c1-5(16)9-6(13-14-11)4-8(19-9)15-3-2-7(17)12-10(15)18/h2-3,5-6,8-9,16H,4H2,1H3,(H,12,17,18)/t5-,6-,8+,9?/m0/s1. The van der Waals surface area contributed by atoms with E-state index in [2.05, 4.69) is 15.0 Å². The van der Waals surface area contributed by atoms with Gasteiger partial charge in [0.1, 0.15) is 6.23 Å². The summed E-state index contributed by atoms with van der Waals surface area (Å²) < 4.78 is 6.72. The lowest BCUT2D eigenvalue weighted by Gasteiger charge is -2.18. The number of aromatic amines is 1. The third-order valence-electron chi connectivity index (χ3n) is 2.97. The number of azide groups is 1. The summed E-state index contributed by atoms with van der Waals surface area (Å²) >= 11 is 0. The van der Waals surface area contributed by atoms with Crippen molar-refractivity contribution in [3.05, 3.63) is 43.5 Å². The van der Waals surface area contributed by atoms with Gasteiger partial charge in [0, 0.05) is 23.6 Å². The molecule has 1 fully saturated rings. The molecule has 0 aliphatic carbocycles. The highest BCUT2D eigenvalue weighted by molar-refractivity contribution is 4.92. The Labute approximate surface area is 107 Å². The van der Waals surface area contributed by atoms with Crippen molar-refractivity contribution in [2.75, 3.05) is 0 Å². The monoisotopic (exact) mass is 267 g/mol. The molecular weight excluding hydrogens is 254 g/mol. The smallest absolute Gasteiger partial charge is 0.330 e. The highest BCUT2D eigenvalue weighted by Crippen LogP contribution is 2.31. The van der Waals surface area contributed by atoms with E-state index in [1.165, 1.54) is 23.8 Å². The van der Waals surface area contributed by atoms with Crippen molar-refractivity contribution in [2.45, 2.75) is 37.8 Å². The van der Waals surface area contributed by atoms with E-state index in [9.17, 15) is 14.7 Å². The maximum absolute atomic E-state index is 11.6. The van der Waals surface area contributed by atoms with Crippen LogP contribution in [0.4, 0.5) is 0 Å². The molecule has 0 radical (unpaired) electrons. The average molecular weight is 267 g/mol. The Morgan fingerprint density at radius 2 is 2.42 bits per heavy atom. The minimum Gasteiger partial charge on any atom is -0.391 e. The SMILES string of the molecule is C[C@H](O)C1O[C@@H](n2ccc(=O)[nH]c2=O)C[C@@H]1N=[N+]=[N-]. The van der Waals surface area contributed by atoms with Crippen LogP contribution in [0.15, 0.2) is 27.0 Å². The van der Waals surface area contributed by atoms with Crippen LogP contribution in [-0.4, -0.2) is 32.9 Å². The molecule has 0 bridgehead atoms. The summed E-state index contributed by atoms with van der Waals surface area (Å²) in [6.07, 6.45) is -0.632. The van der Waals surface area contributed by atoms with Gasteiger partial charge in [-0.1, -0.05) is 5.11 Å². The van der Waals surface area contributed by atoms with E-state index in [0.717, 1.165) is 0 Å². The molecule has 2 heterocycles. The van der Waals surface area contributed by atoms with Gasteiger partial charge < -0.3 is 9.84 Å². The molecule has 1 unspecified atom stereocenters. The molecule has 1 aromatic rings. The topological polar surface area (TPSA) is 133 Å². The molecule has 2 N–H and O–H groups in total. The van der Waals surface area contributed by atoms with E-state index in [-0.39, 0.29) is 6.42 Å². The molecule has 1 aliphatic heterocycles. The highest BCUT2D eigenvalue weighted by Gasteiger charge is 2.38. The minimum atomic E-state index is -0.834. The lowest BCUT2D eigenvalue weighted by atomic mass is 10.1. The first-order valence-corrected chi connectivity index (χ1v) is 5.72. The fourth-order valence-electron chi connectivity index (χ4n) is 2.12. The first kappa shape index (κ1) is 13.3. The Hall–Kier alpha value is -2.09. The normalized spacial score (nSPS) is 27.8. The lowest BCUT2D eigenvalue weighted by Crippen LogP contribution is -2.33. The second-order valence-corrected chi connectivity index (χ2v) is 4.32. The van der Waals surface area contributed by atoms with Gasteiger partial charge in [-0.2, -0.15) is 0 Å². The van der Waals surface area contributed by atoms with E-state index in [4.69, 9.17) is 10.3 Å². The minimum absolute atomic E-state index is 0.256. The fourth-order valence-corrected chi connectivity index (χ4v) is 2.12. The molecule has 9 nitrogen and oxygen atoms in total. The van der Waals surface area contributed by atoms with Crippen LogP contribution in [0.1, 0.15) is 19.6 Å². The molecule has 1 saturated heterocycles. The van der Waals surface area contributed by atoms with Crippen LogP contribution in [0, 0.1) is 0 Å². The molecule has 2 rings (SSSR count). The number of aliphatic hydroxyl groups excluding tert-OH is 1. The van der Waals surface area contributed by atoms with E-state index < -0.39 is 35.7 Å². The van der Waals surface area contributed by atoms with E-state index in [1.807, 2.05) is 0 Å². The van der Waals surface area contributed by atoms with Gasteiger partial charge in [-0.3, -0.25) is 14.3 Å². The molecule has 9 heteroatoms. The number of aliphatic hydroxyl groups is 1. The lowest BCUT2D eigenvalue weighted by molar-refractivity contribution is -0.0574. The molecule has 0 saturated carbocycles. The maximum atomic E-state index is 11.6. The number of H-pyrrole nitrogens is 1. The summed E-state index contributed by atoms with van der Waals surface area (Å²) in [4.78, 5) is 27.4. The van der Waals surface area contributed by atoms with Crippen LogP contribution >= 0.6 is 0 Å². The first-order valence-electron chi connectivity index (χ1n) is 5.72. The quantitative estimate of drug-likeness (QED) is 0.448. The van der Waals surface area contributed by atoms with Gasteiger partial charge in [-0.05, 0) is 12.5 Å². The zero-order chi connectivity index (χ0) is 14.0. The maximum Gasteiger partial charge on any atom is 0.330 e. The third kappa shape index (κ3) is 2.68. The second kappa shape index (κ2) is 5.27. The predicted molar refractivity (Wildman–Crippen MR) is 64.5 cm³/mol. The molecule has 0 amide bonds. The summed E-state index contributed by atoms with van der Waals surface area (Å²) in [5, 5.41) is 13.1. The van der Waals surface area contributed by atoms with Crippen molar-refractivity contribution in [1.29, 1.82) is 0 Å². The average Bonchev–Trinajstić information content (AvgIpc) is 2.73. The highest BCUT2D eigenvalue weighted by atomic mass is 16.5. The van der Waals surface area contributed by atoms with Crippen molar-refractivity contribution < 1.29 is 9.84 Å². The van der Waals surface area contributed by atoms with Gasteiger partial charge in [0.15, 0.2) is 0 Å². The fraction of sp³-hybridized carbons (Fsp3) is 0.600. The van der Waals surface area contributed by atoms with Crippen molar-refractivity contribution >= 4 is 0 Å². The number of rotatable bonds is 3. The molecular formula is C10H13N5O4. The summed E-state index contributed by atoms with van der Waals surface area (Å²) in [5.74, 6) is 0. The molecule has 102 valence electrons. The van der Waals surface area contributed by atoms with Crippen molar-refractivity contribution in [3.63, 3.8) is 0 Å². The van der Waals surface area contributed by atoms with Gasteiger partial charge in [-0.15, -0.1) is 0 Å². The van der Waals surface area contributed by atoms with Gasteiger partial charge in [0.05, 0.1) is 18.2 Å². The summed E-state index contributed by atoms with van der Waals surface area (Å²) in [7, 11) is 0. The van der Waals surface area contributed by atoms with Crippen molar-refractivity contribution in [3.8, 4) is 0 Å². The van der Waals surface area contributed by atoms with Crippen molar-refractivity contribution in [1.82, 2.24) is 9.55 Å². The van der Waals surface area contributed by atoms with Crippen LogP contribution in [0.2, 0.25) is 0 Å². The van der Waals surface area contributed by atoms with Crippen LogP contribution in [-0.2, 0) is 4.74 Å². The number of nitrogens with one attached hydrogen (secondary N) is 1. The Kier molecular flexibility index (Phi) is 3.70. The largest absolute Gasteiger partial charge is 0.391 e. The number of hydrogen-bond acceptors (Lipinski definition) is 5. The molecule has 19 heavy (non-hydrogen) atoms.